The molecule has 0 spiro atoms. The van der Waals surface area contributed by atoms with Gasteiger partial charge < -0.3 is 15.0 Å². The van der Waals surface area contributed by atoms with Crippen LogP contribution in [0.5, 0.6) is 0 Å². The molecule has 0 aromatic carbocycles. The molecule has 21 heavy (non-hydrogen) atoms. The zero-order valence-corrected chi connectivity index (χ0v) is 12.6. The summed E-state index contributed by atoms with van der Waals surface area (Å²) < 4.78 is 1.97. The first-order valence-corrected chi connectivity index (χ1v) is 7.59. The number of nitrogens with one attached hydrogen (secondary N) is 1. The Kier molecular flexibility index (Phi) is 5.04. The van der Waals surface area contributed by atoms with Crippen molar-refractivity contribution in [1.29, 1.82) is 0 Å². The molecule has 2 rings (SSSR count). The van der Waals surface area contributed by atoms with Crippen molar-refractivity contribution in [2.45, 2.75) is 51.5 Å². The average Bonchev–Trinajstić information content (AvgIpc) is 2.82. The topological polar surface area (TPSA) is 71.3 Å². The van der Waals surface area contributed by atoms with E-state index in [1.807, 2.05) is 29.9 Å². The summed E-state index contributed by atoms with van der Waals surface area (Å²) in [6.45, 7) is 0.492. The van der Waals surface area contributed by atoms with Crippen molar-refractivity contribution in [2.75, 3.05) is 0 Å². The average molecular weight is 292 g/mol. The summed E-state index contributed by atoms with van der Waals surface area (Å²) in [4.78, 5) is 23.3. The van der Waals surface area contributed by atoms with Crippen LogP contribution in [0.3, 0.4) is 0 Å². The third-order valence-electron chi connectivity index (χ3n) is 4.49. The molecule has 1 aliphatic carbocycles. The molecule has 5 nitrogen and oxygen atoms in total. The van der Waals surface area contributed by atoms with Gasteiger partial charge in [0.1, 0.15) is 0 Å². The van der Waals surface area contributed by atoms with Crippen LogP contribution in [0.2, 0.25) is 0 Å². The predicted octanol–water partition coefficient (Wildman–Crippen LogP) is 2.46. The molecule has 0 atom stereocenters. The summed E-state index contributed by atoms with van der Waals surface area (Å²) in [7, 11) is 1.94. The van der Waals surface area contributed by atoms with Gasteiger partial charge in [0.25, 0.3) is 0 Å². The van der Waals surface area contributed by atoms with Gasteiger partial charge in [-0.25, -0.2) is 0 Å². The number of aromatic nitrogens is 1. The molecule has 1 heterocycles. The van der Waals surface area contributed by atoms with E-state index in [4.69, 9.17) is 5.11 Å². The highest BCUT2D eigenvalue weighted by Crippen LogP contribution is 2.42. The molecule has 116 valence electrons. The molecule has 1 aromatic heterocycles. The Balaban J connectivity index is 1.91. The largest absolute Gasteiger partial charge is 0.481 e. The number of aliphatic carboxylic acids is 1. The van der Waals surface area contributed by atoms with Gasteiger partial charge in [-0.2, -0.15) is 0 Å². The number of rotatable bonds is 6. The van der Waals surface area contributed by atoms with Crippen molar-refractivity contribution in [1.82, 2.24) is 9.88 Å². The SMILES string of the molecule is Cn1cccc1CNC(=O)CC1(CC(=O)O)CCCCC1. The lowest BCUT2D eigenvalue weighted by Crippen LogP contribution is -2.35. The first kappa shape index (κ1) is 15.6. The molecular formula is C16H24N2O3. The van der Waals surface area contributed by atoms with Crippen LogP contribution < -0.4 is 5.32 Å². The van der Waals surface area contributed by atoms with Crippen LogP contribution in [0.4, 0.5) is 0 Å². The molecule has 1 amide bonds. The molecule has 1 aliphatic rings. The highest BCUT2D eigenvalue weighted by Gasteiger charge is 2.36. The van der Waals surface area contributed by atoms with Crippen LogP contribution in [0.25, 0.3) is 0 Å². The number of hydrogen-bond donors (Lipinski definition) is 2. The van der Waals surface area contributed by atoms with Crippen LogP contribution in [0, 0.1) is 5.41 Å². The Labute approximate surface area is 125 Å². The van der Waals surface area contributed by atoms with Gasteiger partial charge in [0.15, 0.2) is 0 Å². The molecule has 1 saturated carbocycles. The number of aryl methyl sites for hydroxylation is 1. The first-order valence-electron chi connectivity index (χ1n) is 7.59. The number of amides is 1. The van der Waals surface area contributed by atoms with E-state index >= 15 is 0 Å². The van der Waals surface area contributed by atoms with E-state index in [0.29, 0.717) is 13.0 Å². The van der Waals surface area contributed by atoms with Crippen LogP contribution in [0.1, 0.15) is 50.6 Å². The van der Waals surface area contributed by atoms with Crippen molar-refractivity contribution in [3.05, 3.63) is 24.0 Å². The second kappa shape index (κ2) is 6.78. The van der Waals surface area contributed by atoms with Gasteiger partial charge in [-0.3, -0.25) is 9.59 Å². The smallest absolute Gasteiger partial charge is 0.303 e. The molecule has 0 radical (unpaired) electrons. The number of carboxylic acid groups (broad SMARTS) is 1. The zero-order valence-electron chi connectivity index (χ0n) is 12.6. The summed E-state index contributed by atoms with van der Waals surface area (Å²) >= 11 is 0. The predicted molar refractivity (Wildman–Crippen MR) is 79.6 cm³/mol. The Bertz CT molecular complexity index is 501. The van der Waals surface area contributed by atoms with E-state index < -0.39 is 5.97 Å². The molecular weight excluding hydrogens is 268 g/mol. The third-order valence-corrected chi connectivity index (χ3v) is 4.49. The van der Waals surface area contributed by atoms with Gasteiger partial charge in [-0.1, -0.05) is 19.3 Å². The van der Waals surface area contributed by atoms with Crippen LogP contribution in [-0.2, 0) is 23.2 Å². The van der Waals surface area contributed by atoms with Crippen molar-refractivity contribution in [3.8, 4) is 0 Å². The van der Waals surface area contributed by atoms with Crippen LogP contribution >= 0.6 is 0 Å². The number of hydrogen-bond acceptors (Lipinski definition) is 2. The molecule has 0 unspecified atom stereocenters. The van der Waals surface area contributed by atoms with Gasteiger partial charge in [-0.05, 0) is 30.4 Å². The molecule has 0 bridgehead atoms. The lowest BCUT2D eigenvalue weighted by Gasteiger charge is -2.35. The normalized spacial score (nSPS) is 17.4. The second-order valence-corrected chi connectivity index (χ2v) is 6.20. The van der Waals surface area contributed by atoms with Gasteiger partial charge >= 0.3 is 5.97 Å². The van der Waals surface area contributed by atoms with Crippen molar-refractivity contribution >= 4 is 11.9 Å². The lowest BCUT2D eigenvalue weighted by molar-refractivity contribution is -0.141. The van der Waals surface area contributed by atoms with E-state index in [1.54, 1.807) is 0 Å². The second-order valence-electron chi connectivity index (χ2n) is 6.20. The van der Waals surface area contributed by atoms with Gasteiger partial charge in [0, 0.05) is 25.4 Å². The van der Waals surface area contributed by atoms with Crippen molar-refractivity contribution in [3.63, 3.8) is 0 Å². The quantitative estimate of drug-likeness (QED) is 0.846. The number of carbonyl (C=O) groups is 2. The van der Waals surface area contributed by atoms with E-state index in [9.17, 15) is 9.59 Å². The number of nitrogens with zero attached hydrogens (tertiary/aromatic N) is 1. The Morgan fingerprint density at radius 1 is 1.29 bits per heavy atom. The molecule has 0 aliphatic heterocycles. The maximum atomic E-state index is 12.2. The minimum atomic E-state index is -0.799. The fraction of sp³-hybridized carbons (Fsp3) is 0.625. The Hall–Kier alpha value is -1.78. The molecule has 1 aromatic rings. The minimum Gasteiger partial charge on any atom is -0.481 e. The first-order chi connectivity index (χ1) is 10.0. The minimum absolute atomic E-state index is 0.0423. The lowest BCUT2D eigenvalue weighted by atomic mass is 9.69. The fourth-order valence-corrected chi connectivity index (χ4v) is 3.31. The summed E-state index contributed by atoms with van der Waals surface area (Å²) in [6.07, 6.45) is 7.25. The van der Waals surface area contributed by atoms with Crippen molar-refractivity contribution in [2.24, 2.45) is 12.5 Å². The molecule has 5 heteroatoms. The zero-order chi connectivity index (χ0) is 15.3. The van der Waals surface area contributed by atoms with E-state index in [1.165, 1.54) is 0 Å². The fourth-order valence-electron chi connectivity index (χ4n) is 3.31. The summed E-state index contributed by atoms with van der Waals surface area (Å²) in [5.74, 6) is -0.841. The molecule has 0 saturated heterocycles. The third kappa shape index (κ3) is 4.34. The highest BCUT2D eigenvalue weighted by molar-refractivity contribution is 5.78. The van der Waals surface area contributed by atoms with Crippen LogP contribution in [0.15, 0.2) is 18.3 Å². The maximum Gasteiger partial charge on any atom is 0.303 e. The molecule has 1 fully saturated rings. The summed E-state index contributed by atoms with van der Waals surface area (Å²) in [6, 6.07) is 3.91. The standard InChI is InChI=1S/C16H24N2O3/c1-18-9-5-6-13(18)12-17-14(19)10-16(11-15(20)21)7-3-2-4-8-16/h5-6,9H,2-4,7-8,10-12H2,1H3,(H,17,19)(H,20,21). The van der Waals surface area contributed by atoms with E-state index in [2.05, 4.69) is 5.32 Å². The maximum absolute atomic E-state index is 12.2. The highest BCUT2D eigenvalue weighted by atomic mass is 16.4. The monoisotopic (exact) mass is 292 g/mol. The Morgan fingerprint density at radius 2 is 2.00 bits per heavy atom. The molecule has 2 N–H and O–H groups in total. The van der Waals surface area contributed by atoms with E-state index in [0.717, 1.165) is 37.8 Å². The number of carboxylic acids is 1. The van der Waals surface area contributed by atoms with Gasteiger partial charge in [0.05, 0.1) is 13.0 Å². The number of carbonyl (C=O) groups excluding carboxylic acids is 1. The Morgan fingerprint density at radius 3 is 2.57 bits per heavy atom. The summed E-state index contributed by atoms with van der Waals surface area (Å²) in [5, 5.41) is 12.0. The van der Waals surface area contributed by atoms with Gasteiger partial charge in [-0.15, -0.1) is 0 Å². The van der Waals surface area contributed by atoms with Crippen LogP contribution in [-0.4, -0.2) is 21.6 Å². The van der Waals surface area contributed by atoms with Crippen molar-refractivity contribution < 1.29 is 14.7 Å². The summed E-state index contributed by atoms with van der Waals surface area (Å²) in [5.41, 5.74) is 0.696. The van der Waals surface area contributed by atoms with E-state index in [-0.39, 0.29) is 17.7 Å². The van der Waals surface area contributed by atoms with Gasteiger partial charge in [0.2, 0.25) is 5.91 Å².